The Morgan fingerprint density at radius 1 is 1.50 bits per heavy atom. The number of hydrogen-bond acceptors (Lipinski definition) is 3. The number of carbonyl (C=O) groups excluding carboxylic acids is 1. The Kier molecular flexibility index (Phi) is 5.49. The van der Waals surface area contributed by atoms with E-state index in [1.54, 1.807) is 12.1 Å². The van der Waals surface area contributed by atoms with Gasteiger partial charge in [-0.05, 0) is 44.5 Å². The lowest BCUT2D eigenvalue weighted by atomic mass is 10.1. The minimum Gasteiger partial charge on any atom is -0.377 e. The Morgan fingerprint density at radius 3 is 3.05 bits per heavy atom. The Labute approximate surface area is 118 Å². The molecule has 1 N–H and O–H groups in total. The minimum atomic E-state index is -0.355. The van der Waals surface area contributed by atoms with Gasteiger partial charge in [0.2, 0.25) is 5.91 Å². The van der Waals surface area contributed by atoms with Crippen molar-refractivity contribution in [1.82, 2.24) is 4.90 Å². The summed E-state index contributed by atoms with van der Waals surface area (Å²) in [4.78, 5) is 13.8. The molecule has 1 atom stereocenters. The van der Waals surface area contributed by atoms with E-state index in [2.05, 4.69) is 5.32 Å². The molecule has 0 saturated carbocycles. The zero-order valence-electron chi connectivity index (χ0n) is 11.8. The normalized spacial score (nSPS) is 19.1. The highest BCUT2D eigenvalue weighted by atomic mass is 19.1. The van der Waals surface area contributed by atoms with Gasteiger partial charge < -0.3 is 10.1 Å². The maximum atomic E-state index is 13.0. The number of carbonyl (C=O) groups is 1. The van der Waals surface area contributed by atoms with Crippen LogP contribution in [0.1, 0.15) is 19.3 Å². The first-order valence-electron chi connectivity index (χ1n) is 6.99. The van der Waals surface area contributed by atoms with Gasteiger partial charge in [-0.15, -0.1) is 0 Å². The van der Waals surface area contributed by atoms with E-state index in [0.717, 1.165) is 26.0 Å². The molecule has 0 unspecified atom stereocenters. The van der Waals surface area contributed by atoms with E-state index in [1.165, 1.54) is 18.6 Å². The molecule has 4 nitrogen and oxygen atoms in total. The summed E-state index contributed by atoms with van der Waals surface area (Å²) in [5, 5.41) is 2.69. The van der Waals surface area contributed by atoms with Gasteiger partial charge in [0.15, 0.2) is 0 Å². The van der Waals surface area contributed by atoms with Crippen molar-refractivity contribution in [3.8, 4) is 0 Å². The number of halogens is 1. The second-order valence-corrected chi connectivity index (χ2v) is 5.24. The van der Waals surface area contributed by atoms with Crippen LogP contribution in [0.15, 0.2) is 24.3 Å². The molecule has 1 aromatic carbocycles. The number of hydrogen-bond donors (Lipinski definition) is 1. The molecular formula is C15H21FN2O2. The SMILES string of the molecule is CN(CC(=O)Nc1cccc(F)c1)C[C@H]1CCCCO1. The van der Waals surface area contributed by atoms with Crippen molar-refractivity contribution in [1.29, 1.82) is 0 Å². The molecule has 1 heterocycles. The number of ether oxygens (including phenoxy) is 1. The molecule has 1 aromatic rings. The molecule has 0 aliphatic carbocycles. The molecule has 5 heteroatoms. The number of benzene rings is 1. The molecule has 1 saturated heterocycles. The van der Waals surface area contributed by atoms with Gasteiger partial charge in [0, 0.05) is 18.8 Å². The van der Waals surface area contributed by atoms with E-state index < -0.39 is 0 Å². The summed E-state index contributed by atoms with van der Waals surface area (Å²) in [5.74, 6) is -0.499. The number of likely N-dealkylation sites (N-methyl/N-ethyl adjacent to an activating group) is 1. The van der Waals surface area contributed by atoms with Crippen molar-refractivity contribution in [3.63, 3.8) is 0 Å². The minimum absolute atomic E-state index is 0.145. The van der Waals surface area contributed by atoms with Crippen LogP contribution in [0.25, 0.3) is 0 Å². The van der Waals surface area contributed by atoms with E-state index in [4.69, 9.17) is 4.74 Å². The third kappa shape index (κ3) is 4.90. The summed E-state index contributed by atoms with van der Waals surface area (Å²) in [5.41, 5.74) is 0.484. The molecule has 1 amide bonds. The maximum Gasteiger partial charge on any atom is 0.238 e. The molecule has 110 valence electrons. The van der Waals surface area contributed by atoms with Crippen molar-refractivity contribution in [2.75, 3.05) is 32.1 Å². The van der Waals surface area contributed by atoms with Crippen LogP contribution in [0.2, 0.25) is 0 Å². The lowest BCUT2D eigenvalue weighted by molar-refractivity contribution is -0.117. The molecular weight excluding hydrogens is 259 g/mol. The van der Waals surface area contributed by atoms with Crippen molar-refractivity contribution < 1.29 is 13.9 Å². The Bertz CT molecular complexity index is 447. The van der Waals surface area contributed by atoms with Gasteiger partial charge in [-0.25, -0.2) is 4.39 Å². The number of nitrogens with one attached hydrogen (secondary N) is 1. The van der Waals surface area contributed by atoms with Gasteiger partial charge in [0.1, 0.15) is 5.82 Å². The number of anilines is 1. The van der Waals surface area contributed by atoms with Crippen LogP contribution in [0.4, 0.5) is 10.1 Å². The smallest absolute Gasteiger partial charge is 0.238 e. The van der Waals surface area contributed by atoms with Crippen LogP contribution in [-0.2, 0) is 9.53 Å². The average Bonchev–Trinajstić information content (AvgIpc) is 2.39. The van der Waals surface area contributed by atoms with Gasteiger partial charge in [-0.1, -0.05) is 6.07 Å². The number of rotatable bonds is 5. The zero-order valence-corrected chi connectivity index (χ0v) is 11.8. The molecule has 1 fully saturated rings. The van der Waals surface area contributed by atoms with Crippen LogP contribution >= 0.6 is 0 Å². The van der Waals surface area contributed by atoms with Crippen molar-refractivity contribution in [2.24, 2.45) is 0 Å². The monoisotopic (exact) mass is 280 g/mol. The molecule has 20 heavy (non-hydrogen) atoms. The van der Waals surface area contributed by atoms with E-state index in [-0.39, 0.29) is 24.4 Å². The van der Waals surface area contributed by atoms with Crippen LogP contribution in [-0.4, -0.2) is 43.7 Å². The first kappa shape index (κ1) is 14.9. The summed E-state index contributed by atoms with van der Waals surface area (Å²) in [6, 6.07) is 5.90. The molecule has 0 radical (unpaired) electrons. The lowest BCUT2D eigenvalue weighted by Gasteiger charge is -2.27. The summed E-state index contributed by atoms with van der Waals surface area (Å²) >= 11 is 0. The highest BCUT2D eigenvalue weighted by Gasteiger charge is 2.17. The Balaban J connectivity index is 1.75. The predicted molar refractivity (Wildman–Crippen MR) is 76.1 cm³/mol. The van der Waals surface area contributed by atoms with Crippen molar-refractivity contribution in [3.05, 3.63) is 30.1 Å². The van der Waals surface area contributed by atoms with Gasteiger partial charge >= 0.3 is 0 Å². The van der Waals surface area contributed by atoms with Gasteiger partial charge in [0.25, 0.3) is 0 Å². The van der Waals surface area contributed by atoms with E-state index in [1.807, 2.05) is 11.9 Å². The Morgan fingerprint density at radius 2 is 2.35 bits per heavy atom. The number of nitrogens with zero attached hydrogens (tertiary/aromatic N) is 1. The average molecular weight is 280 g/mol. The highest BCUT2D eigenvalue weighted by Crippen LogP contribution is 2.13. The van der Waals surface area contributed by atoms with E-state index in [0.29, 0.717) is 5.69 Å². The van der Waals surface area contributed by atoms with Gasteiger partial charge in [-0.3, -0.25) is 9.69 Å². The van der Waals surface area contributed by atoms with Crippen LogP contribution < -0.4 is 5.32 Å². The van der Waals surface area contributed by atoms with Crippen LogP contribution in [0.5, 0.6) is 0 Å². The second-order valence-electron chi connectivity index (χ2n) is 5.24. The lowest BCUT2D eigenvalue weighted by Crippen LogP contribution is -2.37. The summed E-state index contributed by atoms with van der Waals surface area (Å²) < 4.78 is 18.7. The van der Waals surface area contributed by atoms with Crippen molar-refractivity contribution in [2.45, 2.75) is 25.4 Å². The quantitative estimate of drug-likeness (QED) is 0.899. The first-order chi connectivity index (χ1) is 9.63. The zero-order chi connectivity index (χ0) is 14.4. The van der Waals surface area contributed by atoms with E-state index in [9.17, 15) is 9.18 Å². The standard InChI is InChI=1S/C15H21FN2O2/c1-18(10-14-7-2-3-8-20-14)11-15(19)17-13-6-4-5-12(16)9-13/h4-6,9,14H,2-3,7-8,10-11H2,1H3,(H,17,19)/t14-/m1/s1. The fraction of sp³-hybridized carbons (Fsp3) is 0.533. The highest BCUT2D eigenvalue weighted by molar-refractivity contribution is 5.92. The number of amides is 1. The fourth-order valence-electron chi connectivity index (χ4n) is 2.38. The van der Waals surface area contributed by atoms with Gasteiger partial charge in [0.05, 0.1) is 12.6 Å². The molecule has 0 spiro atoms. The molecule has 2 rings (SSSR count). The maximum absolute atomic E-state index is 13.0. The summed E-state index contributed by atoms with van der Waals surface area (Å²) in [6.07, 6.45) is 3.58. The third-order valence-corrected chi connectivity index (χ3v) is 3.31. The molecule has 0 bridgehead atoms. The van der Waals surface area contributed by atoms with Gasteiger partial charge in [-0.2, -0.15) is 0 Å². The second kappa shape index (κ2) is 7.36. The Hall–Kier alpha value is -1.46. The van der Waals surface area contributed by atoms with E-state index >= 15 is 0 Å². The van der Waals surface area contributed by atoms with Crippen molar-refractivity contribution >= 4 is 11.6 Å². The molecule has 0 aromatic heterocycles. The van der Waals surface area contributed by atoms with Crippen LogP contribution in [0.3, 0.4) is 0 Å². The summed E-state index contributed by atoms with van der Waals surface area (Å²) in [6.45, 7) is 1.83. The largest absolute Gasteiger partial charge is 0.377 e. The van der Waals surface area contributed by atoms with Crippen LogP contribution in [0, 0.1) is 5.82 Å². The predicted octanol–water partition coefficient (Wildman–Crippen LogP) is 2.27. The summed E-state index contributed by atoms with van der Waals surface area (Å²) in [7, 11) is 1.89. The third-order valence-electron chi connectivity index (χ3n) is 3.31. The fourth-order valence-corrected chi connectivity index (χ4v) is 2.38. The molecule has 1 aliphatic heterocycles. The first-order valence-corrected chi connectivity index (χ1v) is 6.99. The topological polar surface area (TPSA) is 41.6 Å². The molecule has 1 aliphatic rings.